The first kappa shape index (κ1) is 25.0. The Hall–Kier alpha value is -0.0400. The molecule has 1 saturated heterocycles. The van der Waals surface area contributed by atoms with Crippen molar-refractivity contribution >= 4 is 0 Å². The zero-order chi connectivity index (χ0) is 20.7. The van der Waals surface area contributed by atoms with Gasteiger partial charge in [-0.1, -0.05) is 88.0 Å². The largest absolute Gasteiger partial charge is 0.381 e. The summed E-state index contributed by atoms with van der Waals surface area (Å²) in [6, 6.07) is 0. The molecule has 1 nitrogen and oxygen atoms in total. The number of ether oxygens (including phenoxy) is 1. The Morgan fingerprint density at radius 3 is 1.07 bits per heavy atom. The van der Waals surface area contributed by atoms with Crippen LogP contribution in [0.1, 0.15) is 120 Å². The fourth-order valence-corrected chi connectivity index (χ4v) is 4.46. The summed E-state index contributed by atoms with van der Waals surface area (Å²) in [6.45, 7) is 23.0. The molecule has 0 aromatic heterocycles. The molecule has 3 rings (SSSR count). The maximum Gasteiger partial charge on any atom is 0.0500 e. The summed E-state index contributed by atoms with van der Waals surface area (Å²) in [7, 11) is 0. The minimum absolute atomic E-state index is 0.455. The van der Waals surface area contributed by atoms with Crippen LogP contribution in [0.25, 0.3) is 0 Å². The molecule has 0 amide bonds. The van der Waals surface area contributed by atoms with Crippen molar-refractivity contribution in [3.8, 4) is 0 Å². The summed E-state index contributed by atoms with van der Waals surface area (Å²) < 4.78 is 5.28. The Bertz CT molecular complexity index is 374. The topological polar surface area (TPSA) is 9.23 Å². The first-order chi connectivity index (χ1) is 12.3. The van der Waals surface area contributed by atoms with Crippen molar-refractivity contribution in [2.45, 2.75) is 120 Å². The van der Waals surface area contributed by atoms with Crippen molar-refractivity contribution in [1.82, 2.24) is 0 Å². The van der Waals surface area contributed by atoms with Crippen molar-refractivity contribution in [3.63, 3.8) is 0 Å². The summed E-state index contributed by atoms with van der Waals surface area (Å²) in [5, 5.41) is 0. The summed E-state index contributed by atoms with van der Waals surface area (Å²) in [5.41, 5.74) is 1.62. The molecular weight excluding hydrogens is 328 g/mol. The van der Waals surface area contributed by atoms with Gasteiger partial charge in [0.2, 0.25) is 0 Å². The molecule has 2 saturated carbocycles. The highest BCUT2D eigenvalue weighted by Gasteiger charge is 2.29. The molecule has 27 heavy (non-hydrogen) atoms. The molecule has 0 spiro atoms. The summed E-state index contributed by atoms with van der Waals surface area (Å²) in [5.74, 6) is 2.82. The number of hydrogen-bond acceptors (Lipinski definition) is 1. The van der Waals surface area contributed by atoms with Gasteiger partial charge in [0.05, 0.1) is 0 Å². The Morgan fingerprint density at radius 1 is 0.481 bits per heavy atom. The van der Waals surface area contributed by atoms with Crippen molar-refractivity contribution in [3.05, 3.63) is 0 Å². The van der Waals surface area contributed by atoms with Crippen LogP contribution in [0.4, 0.5) is 0 Å². The normalized spacial score (nSPS) is 25.0. The van der Waals surface area contributed by atoms with Crippen LogP contribution in [0.3, 0.4) is 0 Å². The minimum Gasteiger partial charge on any atom is -0.381 e. The van der Waals surface area contributed by atoms with Crippen LogP contribution in [0, 0.1) is 34.0 Å². The molecular formula is C26H52O. The predicted octanol–water partition coefficient (Wildman–Crippen LogP) is 8.51. The van der Waals surface area contributed by atoms with E-state index in [2.05, 4.69) is 62.3 Å². The van der Waals surface area contributed by atoms with Gasteiger partial charge in [-0.3, -0.25) is 0 Å². The maximum atomic E-state index is 5.28. The van der Waals surface area contributed by atoms with E-state index in [0.717, 1.165) is 31.0 Å². The molecule has 0 radical (unpaired) electrons. The Labute approximate surface area is 172 Å². The molecule has 0 N–H and O–H groups in total. The third-order valence-electron chi connectivity index (χ3n) is 7.31. The van der Waals surface area contributed by atoms with Crippen LogP contribution in [0.2, 0.25) is 0 Å². The Morgan fingerprint density at radius 2 is 0.889 bits per heavy atom. The van der Waals surface area contributed by atoms with Crippen LogP contribution in [0.15, 0.2) is 0 Å². The third-order valence-corrected chi connectivity index (χ3v) is 7.31. The molecule has 1 atom stereocenters. The second-order valence-electron chi connectivity index (χ2n) is 12.6. The first-order valence-corrected chi connectivity index (χ1v) is 11.9. The second kappa shape index (κ2) is 10.7. The van der Waals surface area contributed by atoms with Crippen molar-refractivity contribution in [1.29, 1.82) is 0 Å². The van der Waals surface area contributed by atoms with E-state index in [1.807, 2.05) is 0 Å². The summed E-state index contributed by atoms with van der Waals surface area (Å²) >= 11 is 0. The van der Waals surface area contributed by atoms with Gasteiger partial charge in [0.25, 0.3) is 0 Å². The first-order valence-electron chi connectivity index (χ1n) is 11.9. The van der Waals surface area contributed by atoms with E-state index >= 15 is 0 Å². The zero-order valence-electron chi connectivity index (χ0n) is 20.4. The van der Waals surface area contributed by atoms with Crippen molar-refractivity contribution in [2.24, 2.45) is 34.0 Å². The highest BCUT2D eigenvalue weighted by molar-refractivity contribution is 4.80. The average Bonchev–Trinajstić information content (AvgIpc) is 2.99. The van der Waals surface area contributed by atoms with Gasteiger partial charge >= 0.3 is 0 Å². The average molecular weight is 381 g/mol. The summed E-state index contributed by atoms with van der Waals surface area (Å²) in [4.78, 5) is 0. The molecule has 0 bridgehead atoms. The van der Waals surface area contributed by atoms with Gasteiger partial charge in [-0.2, -0.15) is 0 Å². The third kappa shape index (κ3) is 9.82. The monoisotopic (exact) mass is 380 g/mol. The van der Waals surface area contributed by atoms with E-state index in [9.17, 15) is 0 Å². The van der Waals surface area contributed by atoms with Crippen LogP contribution in [-0.4, -0.2) is 13.2 Å². The van der Waals surface area contributed by atoms with E-state index in [0.29, 0.717) is 16.2 Å². The molecule has 0 aromatic carbocycles. The lowest BCUT2D eigenvalue weighted by Gasteiger charge is -2.37. The molecule has 3 aliphatic rings. The number of hydrogen-bond donors (Lipinski definition) is 0. The fraction of sp³-hybridized carbons (Fsp3) is 1.00. The molecule has 1 unspecified atom stereocenters. The van der Waals surface area contributed by atoms with E-state index < -0.39 is 0 Å². The molecule has 3 fully saturated rings. The highest BCUT2D eigenvalue weighted by atomic mass is 16.5. The molecule has 0 aromatic rings. The summed E-state index contributed by atoms with van der Waals surface area (Å²) in [6.07, 6.45) is 13.1. The lowest BCUT2D eigenvalue weighted by atomic mass is 9.69. The van der Waals surface area contributed by atoms with Crippen LogP contribution >= 0.6 is 0 Å². The molecule has 1 heterocycles. The van der Waals surface area contributed by atoms with Gasteiger partial charge in [-0.05, 0) is 66.1 Å². The van der Waals surface area contributed by atoms with Crippen LogP contribution in [-0.2, 0) is 4.74 Å². The quantitative estimate of drug-likeness (QED) is 0.409. The lowest BCUT2D eigenvalue weighted by molar-refractivity contribution is 0.141. The molecule has 1 aliphatic heterocycles. The van der Waals surface area contributed by atoms with Crippen molar-refractivity contribution < 1.29 is 4.74 Å². The van der Waals surface area contributed by atoms with Gasteiger partial charge in [0, 0.05) is 13.2 Å². The SMILES string of the molecule is CC(C)(C)C1CCC1.CC(C)(C)C1CCCCC1.CC(C)(C)C1CCOC1. The van der Waals surface area contributed by atoms with Crippen LogP contribution < -0.4 is 0 Å². The predicted molar refractivity (Wildman–Crippen MR) is 121 cm³/mol. The Kier molecular flexibility index (Phi) is 9.86. The number of rotatable bonds is 0. The van der Waals surface area contributed by atoms with E-state index in [-0.39, 0.29) is 0 Å². The van der Waals surface area contributed by atoms with Gasteiger partial charge < -0.3 is 4.74 Å². The molecule has 162 valence electrons. The minimum atomic E-state index is 0.455. The lowest BCUT2D eigenvalue weighted by Crippen LogP contribution is -2.26. The van der Waals surface area contributed by atoms with Gasteiger partial charge in [-0.25, -0.2) is 0 Å². The highest BCUT2D eigenvalue weighted by Crippen LogP contribution is 2.41. The zero-order valence-corrected chi connectivity index (χ0v) is 20.4. The Balaban J connectivity index is 0.000000204. The molecule has 2 aliphatic carbocycles. The van der Waals surface area contributed by atoms with E-state index in [1.54, 1.807) is 0 Å². The van der Waals surface area contributed by atoms with Gasteiger partial charge in [-0.15, -0.1) is 0 Å². The van der Waals surface area contributed by atoms with Gasteiger partial charge in [0.1, 0.15) is 0 Å². The molecule has 1 heteroatoms. The van der Waals surface area contributed by atoms with Crippen molar-refractivity contribution in [2.75, 3.05) is 13.2 Å². The van der Waals surface area contributed by atoms with Crippen LogP contribution in [0.5, 0.6) is 0 Å². The van der Waals surface area contributed by atoms with E-state index in [4.69, 9.17) is 4.74 Å². The standard InChI is InChI=1S/C10H20.C8H16O.C8H16/c1-10(2,3)9-7-5-4-6-8-9;1-8(2,3)7-4-5-9-6-7;1-8(2,3)7-5-4-6-7/h9H,4-8H2,1-3H3;7H,4-6H2,1-3H3;7H,4-6H2,1-3H3. The van der Waals surface area contributed by atoms with E-state index in [1.165, 1.54) is 57.8 Å². The second-order valence-corrected chi connectivity index (χ2v) is 12.6. The fourth-order valence-electron chi connectivity index (χ4n) is 4.46. The maximum absolute atomic E-state index is 5.28. The van der Waals surface area contributed by atoms with Gasteiger partial charge in [0.15, 0.2) is 0 Å². The smallest absolute Gasteiger partial charge is 0.0500 e.